The van der Waals surface area contributed by atoms with Crippen LogP contribution >= 0.6 is 15.9 Å². The SMILES string of the molecule is CCNC(=O)C1CN(c2ccnc3cc(Br)cnc23)C1. The quantitative estimate of drug-likeness (QED) is 0.932. The highest BCUT2D eigenvalue weighted by atomic mass is 79.9. The predicted octanol–water partition coefficient (Wildman–Crippen LogP) is 1.96. The highest BCUT2D eigenvalue weighted by molar-refractivity contribution is 9.10. The Morgan fingerprint density at radius 3 is 3.05 bits per heavy atom. The van der Waals surface area contributed by atoms with Crippen LogP contribution in [-0.2, 0) is 4.79 Å². The Labute approximate surface area is 125 Å². The van der Waals surface area contributed by atoms with Crippen LogP contribution in [0.25, 0.3) is 11.0 Å². The van der Waals surface area contributed by atoms with Crippen molar-refractivity contribution >= 4 is 38.6 Å². The van der Waals surface area contributed by atoms with Crippen molar-refractivity contribution in [3.8, 4) is 0 Å². The first-order valence-corrected chi connectivity index (χ1v) is 7.41. The number of anilines is 1. The van der Waals surface area contributed by atoms with Crippen molar-refractivity contribution in [1.82, 2.24) is 15.3 Å². The van der Waals surface area contributed by atoms with E-state index in [4.69, 9.17) is 0 Å². The molecule has 1 aliphatic heterocycles. The summed E-state index contributed by atoms with van der Waals surface area (Å²) in [5, 5.41) is 2.86. The van der Waals surface area contributed by atoms with Gasteiger partial charge in [-0.15, -0.1) is 0 Å². The number of fused-ring (bicyclic) bond motifs is 1. The molecule has 0 saturated carbocycles. The van der Waals surface area contributed by atoms with E-state index in [-0.39, 0.29) is 11.8 Å². The summed E-state index contributed by atoms with van der Waals surface area (Å²) in [4.78, 5) is 22.7. The Morgan fingerprint density at radius 2 is 2.30 bits per heavy atom. The number of aromatic nitrogens is 2. The zero-order chi connectivity index (χ0) is 14.1. The Hall–Kier alpha value is -1.69. The van der Waals surface area contributed by atoms with Gasteiger partial charge in [0.05, 0.1) is 17.1 Å². The fourth-order valence-electron chi connectivity index (χ4n) is 2.41. The van der Waals surface area contributed by atoms with Crippen LogP contribution in [0.1, 0.15) is 6.92 Å². The van der Waals surface area contributed by atoms with Gasteiger partial charge >= 0.3 is 0 Å². The van der Waals surface area contributed by atoms with Crippen molar-refractivity contribution in [3.05, 3.63) is 29.0 Å². The number of pyridine rings is 2. The first-order chi connectivity index (χ1) is 9.69. The minimum absolute atomic E-state index is 0.0774. The summed E-state index contributed by atoms with van der Waals surface area (Å²) >= 11 is 3.40. The number of carbonyl (C=O) groups is 1. The summed E-state index contributed by atoms with van der Waals surface area (Å²) in [5.74, 6) is 0.214. The van der Waals surface area contributed by atoms with Crippen molar-refractivity contribution < 1.29 is 4.79 Å². The molecule has 1 fully saturated rings. The standard InChI is InChI=1S/C14H15BrN4O/c1-2-16-14(20)9-7-19(8-9)12-3-4-17-11-5-10(15)6-18-13(11)12/h3-6,9H,2,7-8H2,1H3,(H,16,20). The summed E-state index contributed by atoms with van der Waals surface area (Å²) in [5.41, 5.74) is 2.78. The first kappa shape index (κ1) is 13.3. The van der Waals surface area contributed by atoms with Crippen LogP contribution in [-0.4, -0.2) is 35.5 Å². The van der Waals surface area contributed by atoms with E-state index in [0.717, 1.165) is 34.3 Å². The lowest BCUT2D eigenvalue weighted by Crippen LogP contribution is -2.53. The minimum Gasteiger partial charge on any atom is -0.368 e. The van der Waals surface area contributed by atoms with E-state index >= 15 is 0 Å². The van der Waals surface area contributed by atoms with Gasteiger partial charge in [0.2, 0.25) is 5.91 Å². The molecule has 0 bridgehead atoms. The molecule has 2 aromatic rings. The highest BCUT2D eigenvalue weighted by Gasteiger charge is 2.33. The number of carbonyl (C=O) groups excluding carboxylic acids is 1. The molecule has 104 valence electrons. The fraction of sp³-hybridized carbons (Fsp3) is 0.357. The molecule has 0 aliphatic carbocycles. The van der Waals surface area contributed by atoms with Gasteiger partial charge < -0.3 is 10.2 Å². The molecule has 0 radical (unpaired) electrons. The summed E-state index contributed by atoms with van der Waals surface area (Å²) in [6.07, 6.45) is 3.56. The number of hydrogen-bond donors (Lipinski definition) is 1. The normalized spacial score (nSPS) is 15.2. The summed E-state index contributed by atoms with van der Waals surface area (Å²) in [6, 6.07) is 3.91. The topological polar surface area (TPSA) is 58.1 Å². The van der Waals surface area contributed by atoms with Gasteiger partial charge in [0, 0.05) is 36.5 Å². The number of amides is 1. The zero-order valence-corrected chi connectivity index (χ0v) is 12.7. The van der Waals surface area contributed by atoms with E-state index in [0.29, 0.717) is 6.54 Å². The lowest BCUT2D eigenvalue weighted by Gasteiger charge is -2.40. The van der Waals surface area contributed by atoms with Crippen LogP contribution in [0.5, 0.6) is 0 Å². The average molecular weight is 335 g/mol. The highest BCUT2D eigenvalue weighted by Crippen LogP contribution is 2.30. The summed E-state index contributed by atoms with van der Waals surface area (Å²) in [7, 11) is 0. The van der Waals surface area contributed by atoms with Crippen LogP contribution in [0.2, 0.25) is 0 Å². The Kier molecular flexibility index (Phi) is 3.56. The Bertz CT molecular complexity index is 655. The third-order valence-electron chi connectivity index (χ3n) is 3.47. The second kappa shape index (κ2) is 5.36. The van der Waals surface area contributed by atoms with Gasteiger partial charge in [0.25, 0.3) is 0 Å². The molecule has 1 aliphatic rings. The van der Waals surface area contributed by atoms with Crippen LogP contribution in [0.15, 0.2) is 29.0 Å². The zero-order valence-electron chi connectivity index (χ0n) is 11.1. The number of hydrogen-bond acceptors (Lipinski definition) is 4. The molecule has 6 heteroatoms. The Morgan fingerprint density at radius 1 is 1.50 bits per heavy atom. The second-order valence-electron chi connectivity index (χ2n) is 4.85. The minimum atomic E-state index is 0.0774. The van der Waals surface area contributed by atoms with Crippen molar-refractivity contribution in [2.75, 3.05) is 24.5 Å². The third-order valence-corrected chi connectivity index (χ3v) is 3.90. The molecular weight excluding hydrogens is 320 g/mol. The van der Waals surface area contributed by atoms with Gasteiger partial charge in [-0.1, -0.05) is 0 Å². The van der Waals surface area contributed by atoms with Crippen LogP contribution < -0.4 is 10.2 Å². The molecule has 1 saturated heterocycles. The van der Waals surface area contributed by atoms with Crippen LogP contribution in [0.4, 0.5) is 5.69 Å². The number of halogens is 1. The number of nitrogens with one attached hydrogen (secondary N) is 1. The molecule has 1 N–H and O–H groups in total. The third kappa shape index (κ3) is 2.35. The smallest absolute Gasteiger partial charge is 0.226 e. The number of nitrogens with zero attached hydrogens (tertiary/aromatic N) is 3. The molecule has 5 nitrogen and oxygen atoms in total. The van der Waals surface area contributed by atoms with Crippen molar-refractivity contribution in [2.24, 2.45) is 5.92 Å². The number of rotatable bonds is 3. The van der Waals surface area contributed by atoms with E-state index in [1.54, 1.807) is 12.4 Å². The molecule has 20 heavy (non-hydrogen) atoms. The van der Waals surface area contributed by atoms with Crippen LogP contribution in [0.3, 0.4) is 0 Å². The largest absolute Gasteiger partial charge is 0.368 e. The van der Waals surface area contributed by atoms with Gasteiger partial charge in [0.15, 0.2) is 0 Å². The molecule has 3 heterocycles. The molecule has 0 atom stereocenters. The maximum atomic E-state index is 11.7. The van der Waals surface area contributed by atoms with E-state index in [1.165, 1.54) is 0 Å². The first-order valence-electron chi connectivity index (χ1n) is 6.62. The fourth-order valence-corrected chi connectivity index (χ4v) is 2.73. The average Bonchev–Trinajstić information content (AvgIpc) is 2.37. The van der Waals surface area contributed by atoms with Gasteiger partial charge in [0.1, 0.15) is 5.52 Å². The van der Waals surface area contributed by atoms with Crippen molar-refractivity contribution in [1.29, 1.82) is 0 Å². The van der Waals surface area contributed by atoms with Crippen molar-refractivity contribution in [3.63, 3.8) is 0 Å². The van der Waals surface area contributed by atoms with Crippen LogP contribution in [0, 0.1) is 5.92 Å². The van der Waals surface area contributed by atoms with Gasteiger partial charge in [-0.3, -0.25) is 14.8 Å². The molecule has 3 rings (SSSR count). The lowest BCUT2D eigenvalue weighted by molar-refractivity contribution is -0.125. The Balaban J connectivity index is 1.81. The van der Waals surface area contributed by atoms with E-state index < -0.39 is 0 Å². The molecule has 1 amide bonds. The monoisotopic (exact) mass is 334 g/mol. The van der Waals surface area contributed by atoms with E-state index in [1.807, 2.05) is 19.1 Å². The predicted molar refractivity (Wildman–Crippen MR) is 81.6 cm³/mol. The van der Waals surface area contributed by atoms with Gasteiger partial charge in [-0.25, -0.2) is 0 Å². The maximum Gasteiger partial charge on any atom is 0.226 e. The van der Waals surface area contributed by atoms with E-state index in [9.17, 15) is 4.79 Å². The van der Waals surface area contributed by atoms with Crippen molar-refractivity contribution in [2.45, 2.75) is 6.92 Å². The van der Waals surface area contributed by atoms with Gasteiger partial charge in [-0.05, 0) is 35.0 Å². The molecule has 0 aromatic carbocycles. The van der Waals surface area contributed by atoms with Gasteiger partial charge in [-0.2, -0.15) is 0 Å². The molecular formula is C14H15BrN4O. The molecule has 0 spiro atoms. The second-order valence-corrected chi connectivity index (χ2v) is 5.76. The molecule has 2 aromatic heterocycles. The van der Waals surface area contributed by atoms with E-state index in [2.05, 4.69) is 36.1 Å². The lowest BCUT2D eigenvalue weighted by atomic mass is 9.98. The molecule has 0 unspecified atom stereocenters. The maximum absolute atomic E-state index is 11.7. The summed E-state index contributed by atoms with van der Waals surface area (Å²) in [6.45, 7) is 4.10. The summed E-state index contributed by atoms with van der Waals surface area (Å²) < 4.78 is 0.915.